The second kappa shape index (κ2) is 14.4. The fraction of sp³-hybridized carbons (Fsp3) is 0. The molecular weight excluding hydrogens is 677 g/mol. The average molecular weight is 715 g/mol. The molecule has 0 aliphatic heterocycles. The highest BCUT2D eigenvalue weighted by molar-refractivity contribution is 6.11. The molecule has 10 rings (SSSR count). The molecule has 0 aliphatic carbocycles. The van der Waals surface area contributed by atoms with E-state index in [1.54, 1.807) is 0 Å². The number of hydrogen-bond acceptors (Lipinski definition) is 1. The van der Waals surface area contributed by atoms with Crippen LogP contribution in [0.3, 0.4) is 0 Å². The molecule has 0 amide bonds. The van der Waals surface area contributed by atoms with E-state index in [2.05, 4.69) is 240 Å². The fourth-order valence-corrected chi connectivity index (χ4v) is 8.31. The maximum Gasteiger partial charge on any atom is 0.0542 e. The van der Waals surface area contributed by atoms with Gasteiger partial charge in [0.25, 0.3) is 0 Å². The van der Waals surface area contributed by atoms with E-state index < -0.39 is 0 Å². The highest BCUT2D eigenvalue weighted by Gasteiger charge is 2.21. The summed E-state index contributed by atoms with van der Waals surface area (Å²) in [6.45, 7) is 0. The van der Waals surface area contributed by atoms with E-state index in [1.165, 1.54) is 60.4 Å². The van der Waals surface area contributed by atoms with Crippen LogP contribution in [0.15, 0.2) is 231 Å². The highest BCUT2D eigenvalue weighted by atomic mass is 15.1. The molecule has 56 heavy (non-hydrogen) atoms. The molecule has 0 fully saturated rings. The molecule has 0 saturated heterocycles. The summed E-state index contributed by atoms with van der Waals surface area (Å²) in [6, 6.07) is 83.2. The Morgan fingerprint density at radius 2 is 0.804 bits per heavy atom. The lowest BCUT2D eigenvalue weighted by molar-refractivity contribution is 1.18. The molecule has 2 nitrogen and oxygen atoms in total. The smallest absolute Gasteiger partial charge is 0.0542 e. The molecule has 0 aliphatic rings. The largest absolute Gasteiger partial charge is 0.310 e. The molecule has 0 radical (unpaired) electrons. The number of rotatable bonds is 8. The van der Waals surface area contributed by atoms with E-state index in [4.69, 9.17) is 0 Å². The molecule has 2 heteroatoms. The molecule has 0 unspecified atom stereocenters. The van der Waals surface area contributed by atoms with Gasteiger partial charge < -0.3 is 9.47 Å². The van der Waals surface area contributed by atoms with E-state index in [9.17, 15) is 0 Å². The molecule has 1 heterocycles. The number of aromatic nitrogens is 1. The minimum absolute atomic E-state index is 1.08. The summed E-state index contributed by atoms with van der Waals surface area (Å²) < 4.78 is 2.38. The predicted octanol–water partition coefficient (Wildman–Crippen LogP) is 14.4. The van der Waals surface area contributed by atoms with Crippen LogP contribution in [0.4, 0.5) is 17.1 Å². The van der Waals surface area contributed by atoms with Crippen LogP contribution in [0.1, 0.15) is 22.3 Å². The first-order valence-corrected chi connectivity index (χ1v) is 19.2. The van der Waals surface area contributed by atoms with Crippen LogP contribution in [0.25, 0.3) is 49.4 Å². The summed E-state index contributed by atoms with van der Waals surface area (Å²) in [7, 11) is 0. The fourth-order valence-electron chi connectivity index (χ4n) is 8.31. The van der Waals surface area contributed by atoms with Gasteiger partial charge in [0.15, 0.2) is 0 Å². The van der Waals surface area contributed by atoms with Crippen LogP contribution in [-0.2, 0) is 0 Å². The lowest BCUT2D eigenvalue weighted by Crippen LogP contribution is -2.11. The Hall–Kier alpha value is -7.42. The minimum Gasteiger partial charge on any atom is -0.310 e. The monoisotopic (exact) mass is 714 g/mol. The summed E-state index contributed by atoms with van der Waals surface area (Å²) in [6.07, 6.45) is 0. The van der Waals surface area contributed by atoms with Crippen LogP contribution in [0, 0.1) is 0 Å². The average Bonchev–Trinajstić information content (AvgIpc) is 3.61. The summed E-state index contributed by atoms with van der Waals surface area (Å²) >= 11 is 0. The topological polar surface area (TPSA) is 8.17 Å². The Morgan fingerprint density at radius 1 is 0.321 bits per heavy atom. The molecule has 0 atom stereocenters. The molecule has 1 aromatic heterocycles. The van der Waals surface area contributed by atoms with Gasteiger partial charge in [0.1, 0.15) is 0 Å². The minimum atomic E-state index is 1.08. The number of hydrogen-bond donors (Lipinski definition) is 0. The van der Waals surface area contributed by atoms with Gasteiger partial charge in [-0.1, -0.05) is 176 Å². The SMILES string of the molecule is c1ccc(C(=C(c2ccccc2)c2cccc(N(c3ccc4c(c3)c3ccccc3n4-c3ccccc3)c3cccc4ccccc34)c2)c2ccccc2)cc1. The van der Waals surface area contributed by atoms with Crippen molar-refractivity contribution in [3.05, 3.63) is 253 Å². The second-order valence-corrected chi connectivity index (χ2v) is 14.1. The highest BCUT2D eigenvalue weighted by Crippen LogP contribution is 2.44. The Morgan fingerprint density at radius 3 is 1.48 bits per heavy atom. The molecule has 9 aromatic carbocycles. The van der Waals surface area contributed by atoms with Crippen LogP contribution in [0.5, 0.6) is 0 Å². The van der Waals surface area contributed by atoms with E-state index >= 15 is 0 Å². The van der Waals surface area contributed by atoms with Gasteiger partial charge in [-0.3, -0.25) is 0 Å². The van der Waals surface area contributed by atoms with Gasteiger partial charge in [-0.2, -0.15) is 0 Å². The molecule has 0 saturated carbocycles. The Balaban J connectivity index is 1.24. The normalized spacial score (nSPS) is 11.2. The van der Waals surface area contributed by atoms with Crippen LogP contribution in [0.2, 0.25) is 0 Å². The quantitative estimate of drug-likeness (QED) is 0.142. The second-order valence-electron chi connectivity index (χ2n) is 14.1. The third-order valence-corrected chi connectivity index (χ3v) is 10.8. The Kier molecular flexibility index (Phi) is 8.55. The number of nitrogens with zero attached hydrogens (tertiary/aromatic N) is 2. The zero-order chi connectivity index (χ0) is 37.3. The lowest BCUT2D eigenvalue weighted by atomic mass is 9.85. The number of benzene rings is 9. The Labute approximate surface area is 327 Å². The molecule has 10 aromatic rings. The molecule has 0 N–H and O–H groups in total. The van der Waals surface area contributed by atoms with E-state index in [0.29, 0.717) is 0 Å². The van der Waals surface area contributed by atoms with Gasteiger partial charge in [-0.25, -0.2) is 0 Å². The van der Waals surface area contributed by atoms with Crippen molar-refractivity contribution < 1.29 is 0 Å². The first kappa shape index (κ1) is 33.2. The van der Waals surface area contributed by atoms with E-state index in [0.717, 1.165) is 28.3 Å². The van der Waals surface area contributed by atoms with Crippen LogP contribution < -0.4 is 4.90 Å². The lowest BCUT2D eigenvalue weighted by Gasteiger charge is -2.28. The maximum absolute atomic E-state index is 2.44. The number of fused-ring (bicyclic) bond motifs is 4. The van der Waals surface area contributed by atoms with Crippen molar-refractivity contribution in [3.63, 3.8) is 0 Å². The van der Waals surface area contributed by atoms with Crippen molar-refractivity contribution >= 4 is 60.8 Å². The van der Waals surface area contributed by atoms with Crippen molar-refractivity contribution in [2.24, 2.45) is 0 Å². The molecular formula is C54H38N2. The van der Waals surface area contributed by atoms with E-state index in [-0.39, 0.29) is 0 Å². The zero-order valence-corrected chi connectivity index (χ0v) is 30.8. The first-order chi connectivity index (χ1) is 27.8. The van der Waals surface area contributed by atoms with Crippen molar-refractivity contribution in [2.45, 2.75) is 0 Å². The van der Waals surface area contributed by atoms with Gasteiger partial charge in [0.2, 0.25) is 0 Å². The third kappa shape index (κ3) is 5.95. The maximum atomic E-state index is 2.44. The summed E-state index contributed by atoms with van der Waals surface area (Å²) in [4.78, 5) is 2.44. The van der Waals surface area contributed by atoms with E-state index in [1.807, 2.05) is 0 Å². The summed E-state index contributed by atoms with van der Waals surface area (Å²) in [5.41, 5.74) is 13.9. The van der Waals surface area contributed by atoms with Crippen LogP contribution >= 0.6 is 0 Å². The summed E-state index contributed by atoms with van der Waals surface area (Å²) in [5.74, 6) is 0. The molecule has 0 bridgehead atoms. The Bertz CT molecular complexity index is 2950. The molecule has 0 spiro atoms. The third-order valence-electron chi connectivity index (χ3n) is 10.8. The van der Waals surface area contributed by atoms with Crippen molar-refractivity contribution in [2.75, 3.05) is 4.90 Å². The van der Waals surface area contributed by atoms with Crippen molar-refractivity contribution in [1.82, 2.24) is 4.57 Å². The summed E-state index contributed by atoms with van der Waals surface area (Å²) in [5, 5.41) is 4.83. The standard InChI is InChI=1S/C54H38N2/c1-5-20-40(21-6-1)53(41-22-7-2-8-23-41)54(42-24-9-3-10-25-42)43-27-17-30-45(37-43)55(50-34-18-26-39-19-13-14-31-47(39)50)46-35-36-52-49(38-46)48-32-15-16-33-51(48)56(52)44-28-11-4-12-29-44/h1-38H. The number of anilines is 3. The van der Waals surface area contributed by atoms with Gasteiger partial charge in [-0.15, -0.1) is 0 Å². The van der Waals surface area contributed by atoms with Gasteiger partial charge >= 0.3 is 0 Å². The zero-order valence-electron chi connectivity index (χ0n) is 30.8. The van der Waals surface area contributed by atoms with Gasteiger partial charge in [0.05, 0.1) is 16.7 Å². The predicted molar refractivity (Wildman–Crippen MR) is 237 cm³/mol. The van der Waals surface area contributed by atoms with Gasteiger partial charge in [0, 0.05) is 33.2 Å². The van der Waals surface area contributed by atoms with Crippen molar-refractivity contribution in [3.8, 4) is 5.69 Å². The van der Waals surface area contributed by atoms with Gasteiger partial charge in [-0.05, 0) is 93.4 Å². The van der Waals surface area contributed by atoms with Crippen molar-refractivity contribution in [1.29, 1.82) is 0 Å². The van der Waals surface area contributed by atoms with Crippen LogP contribution in [-0.4, -0.2) is 4.57 Å². The first-order valence-electron chi connectivity index (χ1n) is 19.2. The molecule has 264 valence electrons. The number of para-hydroxylation sites is 2.